The second-order valence-electron chi connectivity index (χ2n) is 6.51. The summed E-state index contributed by atoms with van der Waals surface area (Å²) in [6.45, 7) is 6.96. The molecule has 2 N–H and O–H groups in total. The summed E-state index contributed by atoms with van der Waals surface area (Å²) < 4.78 is 27.7. The highest BCUT2D eigenvalue weighted by molar-refractivity contribution is 5.48. The lowest BCUT2D eigenvalue weighted by Crippen LogP contribution is -2.39. The highest BCUT2D eigenvalue weighted by atomic mass is 19.1. The van der Waals surface area contributed by atoms with Crippen LogP contribution in [0.25, 0.3) is 0 Å². The Morgan fingerprint density at radius 1 is 1.24 bits per heavy atom. The number of nitrogens with one attached hydrogen (secondary N) is 2. The van der Waals surface area contributed by atoms with Crippen molar-refractivity contribution in [1.29, 1.82) is 0 Å². The SMILES string of the molecule is CCCNc1nc(NC2CCCCC2(C)C)c(F)cc1F. The molecule has 1 aromatic rings. The number of aromatic nitrogens is 1. The highest BCUT2D eigenvalue weighted by Gasteiger charge is 2.33. The average Bonchev–Trinajstić information content (AvgIpc) is 2.42. The van der Waals surface area contributed by atoms with Crippen molar-refractivity contribution in [3.8, 4) is 0 Å². The van der Waals surface area contributed by atoms with Gasteiger partial charge in [0.15, 0.2) is 23.3 Å². The molecule has 0 bridgehead atoms. The van der Waals surface area contributed by atoms with E-state index in [2.05, 4.69) is 29.5 Å². The monoisotopic (exact) mass is 297 g/mol. The summed E-state index contributed by atoms with van der Waals surface area (Å²) in [6.07, 6.45) is 5.28. The van der Waals surface area contributed by atoms with Gasteiger partial charge in [0.25, 0.3) is 0 Å². The number of rotatable bonds is 5. The first-order valence-electron chi connectivity index (χ1n) is 7.80. The quantitative estimate of drug-likeness (QED) is 0.836. The first-order valence-corrected chi connectivity index (χ1v) is 7.80. The number of hydrogen-bond acceptors (Lipinski definition) is 3. The van der Waals surface area contributed by atoms with Crippen molar-refractivity contribution >= 4 is 11.6 Å². The van der Waals surface area contributed by atoms with Gasteiger partial charge in [-0.1, -0.05) is 33.6 Å². The van der Waals surface area contributed by atoms with Crippen LogP contribution in [0.2, 0.25) is 0 Å². The normalized spacial score (nSPS) is 21.1. The summed E-state index contributed by atoms with van der Waals surface area (Å²) in [5.41, 5.74) is 0.0950. The molecule has 1 aliphatic rings. The first-order chi connectivity index (χ1) is 9.94. The van der Waals surface area contributed by atoms with Gasteiger partial charge < -0.3 is 10.6 Å². The maximum Gasteiger partial charge on any atom is 0.168 e. The van der Waals surface area contributed by atoms with Crippen molar-refractivity contribution in [3.05, 3.63) is 17.7 Å². The van der Waals surface area contributed by atoms with Crippen molar-refractivity contribution < 1.29 is 8.78 Å². The minimum absolute atomic E-state index is 0.0950. The summed E-state index contributed by atoms with van der Waals surface area (Å²) in [7, 11) is 0. The Morgan fingerprint density at radius 3 is 2.62 bits per heavy atom. The van der Waals surface area contributed by atoms with Crippen LogP contribution in [0.5, 0.6) is 0 Å². The van der Waals surface area contributed by atoms with Crippen molar-refractivity contribution in [2.24, 2.45) is 5.41 Å². The molecule has 3 nitrogen and oxygen atoms in total. The summed E-state index contributed by atoms with van der Waals surface area (Å²) in [5, 5.41) is 6.09. The van der Waals surface area contributed by atoms with Gasteiger partial charge >= 0.3 is 0 Å². The molecular weight excluding hydrogens is 272 g/mol. The van der Waals surface area contributed by atoms with Gasteiger partial charge in [-0.3, -0.25) is 0 Å². The van der Waals surface area contributed by atoms with Crippen LogP contribution in [0.4, 0.5) is 20.4 Å². The third-order valence-electron chi connectivity index (χ3n) is 4.29. The molecule has 1 heterocycles. The molecule has 0 amide bonds. The second-order valence-corrected chi connectivity index (χ2v) is 6.51. The fourth-order valence-electron chi connectivity index (χ4n) is 2.86. The molecule has 21 heavy (non-hydrogen) atoms. The van der Waals surface area contributed by atoms with E-state index in [1.165, 1.54) is 6.42 Å². The number of pyridine rings is 1. The summed E-state index contributed by atoms with van der Waals surface area (Å²) in [5.74, 6) is -1.00. The van der Waals surface area contributed by atoms with E-state index in [9.17, 15) is 8.78 Å². The third-order valence-corrected chi connectivity index (χ3v) is 4.29. The van der Waals surface area contributed by atoms with Gasteiger partial charge in [0.1, 0.15) is 0 Å². The standard InChI is InChI=1S/C16H25F2N3/c1-4-9-19-14-11(17)10-12(18)15(21-14)20-13-7-5-6-8-16(13,2)3/h10,13H,4-9H2,1-3H3,(H2,19,20,21). The van der Waals surface area contributed by atoms with Gasteiger partial charge in [-0.15, -0.1) is 0 Å². The molecule has 0 aromatic carbocycles. The minimum atomic E-state index is -0.644. The van der Waals surface area contributed by atoms with Gasteiger partial charge in [0.2, 0.25) is 0 Å². The summed E-state index contributed by atoms with van der Waals surface area (Å²) in [4.78, 5) is 4.10. The van der Waals surface area contributed by atoms with E-state index in [4.69, 9.17) is 0 Å². The molecule has 1 fully saturated rings. The largest absolute Gasteiger partial charge is 0.368 e. The van der Waals surface area contributed by atoms with Gasteiger partial charge in [-0.25, -0.2) is 13.8 Å². The Balaban J connectivity index is 2.18. The molecule has 0 radical (unpaired) electrons. The van der Waals surface area contributed by atoms with Crippen molar-refractivity contribution in [2.75, 3.05) is 17.2 Å². The van der Waals surface area contributed by atoms with Crippen LogP contribution >= 0.6 is 0 Å². The summed E-state index contributed by atoms with van der Waals surface area (Å²) >= 11 is 0. The zero-order chi connectivity index (χ0) is 15.5. The van der Waals surface area contributed by atoms with E-state index in [0.29, 0.717) is 6.54 Å². The molecule has 1 atom stereocenters. The van der Waals surface area contributed by atoms with Crippen LogP contribution < -0.4 is 10.6 Å². The highest BCUT2D eigenvalue weighted by Crippen LogP contribution is 2.37. The van der Waals surface area contributed by atoms with Crippen LogP contribution in [0.3, 0.4) is 0 Å². The zero-order valence-corrected chi connectivity index (χ0v) is 13.1. The maximum absolute atomic E-state index is 14.0. The Morgan fingerprint density at radius 2 is 1.95 bits per heavy atom. The minimum Gasteiger partial charge on any atom is -0.368 e. The molecule has 5 heteroatoms. The predicted octanol–water partition coefficient (Wildman–Crippen LogP) is 4.56. The molecule has 1 aromatic heterocycles. The lowest BCUT2D eigenvalue weighted by molar-refractivity contribution is 0.216. The fraction of sp³-hybridized carbons (Fsp3) is 0.688. The lowest BCUT2D eigenvalue weighted by Gasteiger charge is -2.39. The molecule has 118 valence electrons. The van der Waals surface area contributed by atoms with Crippen LogP contribution in [-0.2, 0) is 0 Å². The van der Waals surface area contributed by atoms with Crippen LogP contribution in [-0.4, -0.2) is 17.6 Å². The number of halogens is 2. The Kier molecular flexibility index (Phi) is 5.01. The Bertz CT molecular complexity index is 489. The first kappa shape index (κ1) is 16.0. The van der Waals surface area contributed by atoms with E-state index in [-0.39, 0.29) is 23.1 Å². The Labute approximate surface area is 125 Å². The van der Waals surface area contributed by atoms with E-state index in [1.807, 2.05) is 6.92 Å². The smallest absolute Gasteiger partial charge is 0.168 e. The molecular formula is C16H25F2N3. The van der Waals surface area contributed by atoms with Crippen molar-refractivity contribution in [1.82, 2.24) is 4.98 Å². The second kappa shape index (κ2) is 6.58. The number of hydrogen-bond donors (Lipinski definition) is 2. The molecule has 0 saturated heterocycles. The van der Waals surface area contributed by atoms with Gasteiger partial charge in [0.05, 0.1) is 0 Å². The van der Waals surface area contributed by atoms with Crippen LogP contribution in [0, 0.1) is 17.0 Å². The average molecular weight is 297 g/mol. The van der Waals surface area contributed by atoms with E-state index in [0.717, 1.165) is 31.7 Å². The molecule has 0 spiro atoms. The topological polar surface area (TPSA) is 37.0 Å². The molecule has 1 saturated carbocycles. The van der Waals surface area contributed by atoms with Crippen molar-refractivity contribution in [3.63, 3.8) is 0 Å². The third kappa shape index (κ3) is 3.83. The molecule has 2 rings (SSSR count). The summed E-state index contributed by atoms with van der Waals surface area (Å²) in [6, 6.07) is 1.07. The van der Waals surface area contributed by atoms with E-state index < -0.39 is 11.6 Å². The molecule has 1 aliphatic carbocycles. The Hall–Kier alpha value is -1.39. The number of nitrogens with zero attached hydrogens (tertiary/aromatic N) is 1. The van der Waals surface area contributed by atoms with Gasteiger partial charge in [-0.05, 0) is 24.7 Å². The fourth-order valence-corrected chi connectivity index (χ4v) is 2.86. The maximum atomic E-state index is 14.0. The van der Waals surface area contributed by atoms with Gasteiger partial charge in [0, 0.05) is 18.7 Å². The van der Waals surface area contributed by atoms with E-state index in [1.54, 1.807) is 0 Å². The van der Waals surface area contributed by atoms with E-state index >= 15 is 0 Å². The zero-order valence-electron chi connectivity index (χ0n) is 13.1. The van der Waals surface area contributed by atoms with Crippen LogP contribution in [0.15, 0.2) is 6.07 Å². The van der Waals surface area contributed by atoms with Crippen LogP contribution in [0.1, 0.15) is 52.9 Å². The molecule has 1 unspecified atom stereocenters. The number of anilines is 2. The molecule has 0 aliphatic heterocycles. The van der Waals surface area contributed by atoms with Gasteiger partial charge in [-0.2, -0.15) is 0 Å². The predicted molar refractivity (Wildman–Crippen MR) is 82.6 cm³/mol. The lowest BCUT2D eigenvalue weighted by atomic mass is 9.73. The van der Waals surface area contributed by atoms with Crippen molar-refractivity contribution in [2.45, 2.75) is 58.9 Å².